The summed E-state index contributed by atoms with van der Waals surface area (Å²) in [4.78, 5) is 2.23. The van der Waals surface area contributed by atoms with Crippen molar-refractivity contribution in [3.8, 4) is 0 Å². The smallest absolute Gasteiger partial charge is 0.0370 e. The summed E-state index contributed by atoms with van der Waals surface area (Å²) in [5.74, 6) is 0.564. The molecule has 0 aliphatic carbocycles. The van der Waals surface area contributed by atoms with Crippen LogP contribution < -0.4 is 0 Å². The maximum Gasteiger partial charge on any atom is 0.0370 e. The summed E-state index contributed by atoms with van der Waals surface area (Å²) in [6.07, 6.45) is 7.51. The van der Waals surface area contributed by atoms with Gasteiger partial charge in [-0.1, -0.05) is 32.9 Å². The van der Waals surface area contributed by atoms with Crippen molar-refractivity contribution >= 4 is 0 Å². The molecule has 2 unspecified atom stereocenters. The molecule has 2 atom stereocenters. The van der Waals surface area contributed by atoms with Crippen molar-refractivity contribution in [2.45, 2.75) is 45.6 Å². The van der Waals surface area contributed by atoms with Gasteiger partial charge in [-0.2, -0.15) is 0 Å². The van der Waals surface area contributed by atoms with Crippen LogP contribution in [0, 0.1) is 5.92 Å². The third-order valence-corrected chi connectivity index (χ3v) is 3.08. The van der Waals surface area contributed by atoms with Crippen LogP contribution in [0.1, 0.15) is 40.0 Å². The average molecular weight is 195 g/mol. The van der Waals surface area contributed by atoms with E-state index in [-0.39, 0.29) is 5.54 Å². The molecule has 82 valence electrons. The van der Waals surface area contributed by atoms with Crippen LogP contribution in [-0.2, 0) is 0 Å². The molecule has 0 aliphatic rings. The van der Waals surface area contributed by atoms with Gasteiger partial charge in [-0.05, 0) is 31.9 Å². The van der Waals surface area contributed by atoms with E-state index in [0.717, 1.165) is 6.42 Å². The Morgan fingerprint density at radius 3 is 2.36 bits per heavy atom. The maximum atomic E-state index is 3.85. The Balaban J connectivity index is 4.52. The molecule has 14 heavy (non-hydrogen) atoms. The van der Waals surface area contributed by atoms with Gasteiger partial charge in [0, 0.05) is 12.6 Å². The van der Waals surface area contributed by atoms with Gasteiger partial charge in [0.15, 0.2) is 0 Å². The van der Waals surface area contributed by atoms with E-state index in [9.17, 15) is 0 Å². The van der Waals surface area contributed by atoms with Gasteiger partial charge < -0.3 is 4.90 Å². The van der Waals surface area contributed by atoms with Crippen LogP contribution in [0.25, 0.3) is 0 Å². The van der Waals surface area contributed by atoms with Gasteiger partial charge in [0.05, 0.1) is 0 Å². The van der Waals surface area contributed by atoms with Crippen molar-refractivity contribution < 1.29 is 0 Å². The third-order valence-electron chi connectivity index (χ3n) is 3.08. The lowest BCUT2D eigenvalue weighted by molar-refractivity contribution is 0.157. The van der Waals surface area contributed by atoms with Gasteiger partial charge in [0.25, 0.3) is 0 Å². The molecule has 0 amide bonds. The molecule has 0 rings (SSSR count). The Hall–Kier alpha value is -0.720. The van der Waals surface area contributed by atoms with Gasteiger partial charge >= 0.3 is 0 Å². The van der Waals surface area contributed by atoms with Gasteiger partial charge in [-0.3, -0.25) is 0 Å². The first-order chi connectivity index (χ1) is 6.50. The number of hydrogen-bond donors (Lipinski definition) is 0. The Labute approximate surface area is 89.5 Å². The second kappa shape index (κ2) is 5.90. The van der Waals surface area contributed by atoms with Crippen LogP contribution in [0.2, 0.25) is 0 Å². The molecule has 0 aliphatic heterocycles. The Morgan fingerprint density at radius 1 is 1.43 bits per heavy atom. The zero-order valence-electron chi connectivity index (χ0n) is 10.2. The van der Waals surface area contributed by atoms with E-state index in [2.05, 4.69) is 45.9 Å². The number of nitrogens with zero attached hydrogens (tertiary/aromatic N) is 1. The SMILES string of the molecule is C=CC(C)CC(C)(CCC)N(C)C=C. The van der Waals surface area contributed by atoms with Crippen molar-refractivity contribution in [1.82, 2.24) is 4.90 Å². The fourth-order valence-corrected chi connectivity index (χ4v) is 1.96. The van der Waals surface area contributed by atoms with Crippen LogP contribution in [0.4, 0.5) is 0 Å². The van der Waals surface area contributed by atoms with E-state index in [4.69, 9.17) is 0 Å². The van der Waals surface area contributed by atoms with Crippen LogP contribution in [-0.4, -0.2) is 17.5 Å². The molecule has 1 heteroatoms. The molecule has 0 aromatic rings. The minimum absolute atomic E-state index is 0.226. The first-order valence-corrected chi connectivity index (χ1v) is 5.48. The van der Waals surface area contributed by atoms with Gasteiger partial charge in [0.2, 0.25) is 0 Å². The van der Waals surface area contributed by atoms with Crippen molar-refractivity contribution in [3.05, 3.63) is 25.4 Å². The monoisotopic (exact) mass is 195 g/mol. The molecule has 0 fully saturated rings. The van der Waals surface area contributed by atoms with Crippen LogP contribution in [0.5, 0.6) is 0 Å². The quantitative estimate of drug-likeness (QED) is 0.558. The summed E-state index contributed by atoms with van der Waals surface area (Å²) in [6, 6.07) is 0. The first kappa shape index (κ1) is 13.3. The van der Waals surface area contributed by atoms with Crippen LogP contribution in [0.15, 0.2) is 25.4 Å². The standard InChI is InChI=1S/C13H25N/c1-7-10-13(5,14(6)9-3)11-12(4)8-2/h8-9,12H,2-3,7,10-11H2,1,4-6H3. The highest BCUT2D eigenvalue weighted by atomic mass is 15.1. The van der Waals surface area contributed by atoms with E-state index >= 15 is 0 Å². The first-order valence-electron chi connectivity index (χ1n) is 5.48. The normalized spacial score (nSPS) is 16.9. The zero-order valence-corrected chi connectivity index (χ0v) is 10.2. The highest BCUT2D eigenvalue weighted by Gasteiger charge is 2.27. The van der Waals surface area contributed by atoms with Crippen molar-refractivity contribution in [1.29, 1.82) is 0 Å². The molecule has 0 spiro atoms. The Morgan fingerprint density at radius 2 is 2.00 bits per heavy atom. The van der Waals surface area contributed by atoms with Gasteiger partial charge in [-0.25, -0.2) is 0 Å². The number of allylic oxidation sites excluding steroid dienone is 1. The zero-order chi connectivity index (χ0) is 11.2. The van der Waals surface area contributed by atoms with E-state index in [1.807, 2.05) is 12.3 Å². The van der Waals surface area contributed by atoms with E-state index in [1.165, 1.54) is 12.8 Å². The van der Waals surface area contributed by atoms with Crippen LogP contribution in [0.3, 0.4) is 0 Å². The maximum absolute atomic E-state index is 3.85. The second-order valence-corrected chi connectivity index (χ2v) is 4.46. The molecule has 0 aromatic carbocycles. The van der Waals surface area contributed by atoms with Gasteiger partial charge in [0.1, 0.15) is 0 Å². The van der Waals surface area contributed by atoms with E-state index in [1.54, 1.807) is 0 Å². The molecule has 1 nitrogen and oxygen atoms in total. The lowest BCUT2D eigenvalue weighted by Crippen LogP contribution is -2.41. The summed E-state index contributed by atoms with van der Waals surface area (Å²) in [7, 11) is 2.11. The largest absolute Gasteiger partial charge is 0.376 e. The Kier molecular flexibility index (Phi) is 5.59. The Bertz CT molecular complexity index is 186. The molecule has 0 saturated carbocycles. The fraction of sp³-hybridized carbons (Fsp3) is 0.692. The summed E-state index contributed by atoms with van der Waals surface area (Å²) in [6.45, 7) is 14.4. The highest BCUT2D eigenvalue weighted by molar-refractivity contribution is 4.93. The van der Waals surface area contributed by atoms with E-state index < -0.39 is 0 Å². The average Bonchev–Trinajstić information content (AvgIpc) is 2.16. The predicted molar refractivity (Wildman–Crippen MR) is 65.3 cm³/mol. The molecule has 0 N–H and O–H groups in total. The number of hydrogen-bond acceptors (Lipinski definition) is 1. The van der Waals surface area contributed by atoms with Gasteiger partial charge in [-0.15, -0.1) is 6.58 Å². The fourth-order valence-electron chi connectivity index (χ4n) is 1.96. The predicted octanol–water partition coefficient (Wildman–Crippen LogP) is 3.83. The molecule has 0 bridgehead atoms. The molecular weight excluding hydrogens is 170 g/mol. The molecule has 0 saturated heterocycles. The summed E-state index contributed by atoms with van der Waals surface area (Å²) < 4.78 is 0. The van der Waals surface area contributed by atoms with E-state index in [0.29, 0.717) is 5.92 Å². The summed E-state index contributed by atoms with van der Waals surface area (Å²) >= 11 is 0. The lowest BCUT2D eigenvalue weighted by Gasteiger charge is -2.39. The topological polar surface area (TPSA) is 3.24 Å². The van der Waals surface area contributed by atoms with Crippen molar-refractivity contribution in [2.24, 2.45) is 5.92 Å². The molecular formula is C13H25N. The highest BCUT2D eigenvalue weighted by Crippen LogP contribution is 2.28. The summed E-state index contributed by atoms with van der Waals surface area (Å²) in [5, 5.41) is 0. The molecule has 0 aromatic heterocycles. The molecule has 0 heterocycles. The second-order valence-electron chi connectivity index (χ2n) is 4.46. The lowest BCUT2D eigenvalue weighted by atomic mass is 9.85. The minimum Gasteiger partial charge on any atom is -0.376 e. The molecule has 0 radical (unpaired) electrons. The minimum atomic E-state index is 0.226. The van der Waals surface area contributed by atoms with Crippen molar-refractivity contribution in [3.63, 3.8) is 0 Å². The number of rotatable bonds is 7. The third kappa shape index (κ3) is 3.57. The van der Waals surface area contributed by atoms with Crippen LogP contribution >= 0.6 is 0 Å². The summed E-state index contributed by atoms with van der Waals surface area (Å²) in [5.41, 5.74) is 0.226. The van der Waals surface area contributed by atoms with Crippen molar-refractivity contribution in [2.75, 3.05) is 7.05 Å².